The van der Waals surface area contributed by atoms with Crippen molar-refractivity contribution < 1.29 is 0 Å². The van der Waals surface area contributed by atoms with Crippen LogP contribution in [0.3, 0.4) is 0 Å². The second-order valence-electron chi connectivity index (χ2n) is 6.59. The molecule has 0 saturated heterocycles. The monoisotopic (exact) mass is 381 g/mol. The van der Waals surface area contributed by atoms with Gasteiger partial charge in [-0.05, 0) is 48.7 Å². The van der Waals surface area contributed by atoms with E-state index in [-0.39, 0.29) is 12.4 Å². The lowest BCUT2D eigenvalue weighted by molar-refractivity contribution is 0.296. The van der Waals surface area contributed by atoms with Crippen molar-refractivity contribution in [3.63, 3.8) is 0 Å². The molecule has 2 heteroatoms. The Morgan fingerprint density at radius 1 is 0.815 bits per heavy atom. The molecule has 0 aliphatic heterocycles. The second kappa shape index (κ2) is 14.1. The molecule has 0 unspecified atom stereocenters. The van der Waals surface area contributed by atoms with E-state index in [1.807, 2.05) is 0 Å². The van der Waals surface area contributed by atoms with Crippen LogP contribution in [0.25, 0.3) is 5.57 Å². The average molecular weight is 382 g/mol. The molecule has 0 aliphatic rings. The van der Waals surface area contributed by atoms with Gasteiger partial charge in [0.2, 0.25) is 0 Å². The van der Waals surface area contributed by atoms with E-state index in [1.165, 1.54) is 42.4 Å². The van der Waals surface area contributed by atoms with Crippen LogP contribution >= 0.6 is 12.4 Å². The number of hydrogen-bond donors (Lipinski definition) is 0. The number of rotatable bonds is 9. The van der Waals surface area contributed by atoms with Crippen LogP contribution in [0.5, 0.6) is 0 Å². The fourth-order valence-electron chi connectivity index (χ4n) is 2.88. The number of nitrogens with zero attached hydrogens (tertiary/aromatic N) is 1. The van der Waals surface area contributed by atoms with Gasteiger partial charge < -0.3 is 0 Å². The summed E-state index contributed by atoms with van der Waals surface area (Å²) < 4.78 is 0. The van der Waals surface area contributed by atoms with Crippen molar-refractivity contribution in [3.05, 3.63) is 77.9 Å². The number of benzene rings is 2. The summed E-state index contributed by atoms with van der Waals surface area (Å²) in [6.07, 6.45) is 7.05. The molecule has 0 radical (unpaired) electrons. The first-order valence-corrected chi connectivity index (χ1v) is 9.87. The molecule has 2 aromatic rings. The summed E-state index contributed by atoms with van der Waals surface area (Å²) in [5.74, 6) is 6.68. The summed E-state index contributed by atoms with van der Waals surface area (Å²) in [7, 11) is 0. The van der Waals surface area contributed by atoms with Crippen LogP contribution in [-0.2, 0) is 0 Å². The summed E-state index contributed by atoms with van der Waals surface area (Å²) in [4.78, 5) is 2.48. The highest BCUT2D eigenvalue weighted by atomic mass is 35.5. The van der Waals surface area contributed by atoms with Crippen molar-refractivity contribution in [1.29, 1.82) is 0 Å². The predicted molar refractivity (Wildman–Crippen MR) is 121 cm³/mol. The van der Waals surface area contributed by atoms with Gasteiger partial charge in [-0.25, -0.2) is 0 Å². The molecule has 2 aromatic carbocycles. The molecule has 1 nitrogen and oxygen atoms in total. The predicted octanol–water partition coefficient (Wildman–Crippen LogP) is 6.45. The number of unbranched alkanes of at least 4 members (excludes halogenated alkanes) is 2. The Hall–Kier alpha value is -2.01. The van der Waals surface area contributed by atoms with Crippen LogP contribution in [0.15, 0.2) is 66.7 Å². The first-order chi connectivity index (χ1) is 12.8. The van der Waals surface area contributed by atoms with Gasteiger partial charge >= 0.3 is 0 Å². The lowest BCUT2D eigenvalue weighted by atomic mass is 9.98. The Labute approximate surface area is 171 Å². The van der Waals surface area contributed by atoms with Crippen LogP contribution in [0.2, 0.25) is 0 Å². The van der Waals surface area contributed by atoms with Crippen molar-refractivity contribution in [2.24, 2.45) is 0 Å². The third kappa shape index (κ3) is 8.48. The van der Waals surface area contributed by atoms with E-state index in [0.717, 1.165) is 19.6 Å². The van der Waals surface area contributed by atoms with Crippen molar-refractivity contribution >= 4 is 18.0 Å². The zero-order chi connectivity index (χ0) is 18.5. The molecule has 0 spiro atoms. The first-order valence-electron chi connectivity index (χ1n) is 9.87. The van der Waals surface area contributed by atoms with Crippen molar-refractivity contribution in [3.8, 4) is 11.8 Å². The van der Waals surface area contributed by atoms with E-state index in [0.29, 0.717) is 0 Å². The van der Waals surface area contributed by atoms with E-state index in [2.05, 4.69) is 97.3 Å². The van der Waals surface area contributed by atoms with Crippen molar-refractivity contribution in [2.45, 2.75) is 39.5 Å². The summed E-state index contributed by atoms with van der Waals surface area (Å²) in [5.41, 5.74) is 3.61. The van der Waals surface area contributed by atoms with Crippen LogP contribution < -0.4 is 0 Å². The van der Waals surface area contributed by atoms with E-state index in [1.54, 1.807) is 0 Å². The minimum absolute atomic E-state index is 0. The van der Waals surface area contributed by atoms with Crippen LogP contribution in [0, 0.1) is 11.8 Å². The highest BCUT2D eigenvalue weighted by Gasteiger charge is 2.03. The minimum Gasteiger partial charge on any atom is -0.292 e. The standard InChI is InChI=1S/C25H31N.ClH/c1-3-5-20-26(21-6-4-2)22-14-13-19-25(23-15-9-7-10-16-23)24-17-11-8-12-18-24;/h7-12,15-19H,3-6,20-22H2,1-2H3;1H. The molecular formula is C25H32ClN. The zero-order valence-electron chi connectivity index (χ0n) is 16.7. The molecule has 0 aliphatic carbocycles. The quantitative estimate of drug-likeness (QED) is 0.451. The van der Waals surface area contributed by atoms with Gasteiger partial charge in [0, 0.05) is 0 Å². The Balaban J connectivity index is 0.00000364. The van der Waals surface area contributed by atoms with Crippen LogP contribution in [-0.4, -0.2) is 24.5 Å². The van der Waals surface area contributed by atoms with Gasteiger partial charge in [0.15, 0.2) is 0 Å². The molecule has 0 atom stereocenters. The average Bonchev–Trinajstić information content (AvgIpc) is 2.70. The summed E-state index contributed by atoms with van der Waals surface area (Å²) >= 11 is 0. The van der Waals surface area contributed by atoms with Crippen LogP contribution in [0.1, 0.15) is 50.7 Å². The Morgan fingerprint density at radius 3 is 1.74 bits per heavy atom. The highest BCUT2D eigenvalue weighted by Crippen LogP contribution is 2.22. The van der Waals surface area contributed by atoms with Crippen molar-refractivity contribution in [2.75, 3.05) is 19.6 Å². The molecule has 0 saturated carbocycles. The molecule has 0 bridgehead atoms. The van der Waals surface area contributed by atoms with Gasteiger partial charge in [-0.15, -0.1) is 12.4 Å². The molecule has 144 valence electrons. The third-order valence-corrected chi connectivity index (χ3v) is 4.45. The Morgan fingerprint density at radius 2 is 1.30 bits per heavy atom. The molecule has 0 aromatic heterocycles. The van der Waals surface area contributed by atoms with Gasteiger partial charge in [0.1, 0.15) is 0 Å². The maximum Gasteiger partial charge on any atom is 0.0605 e. The van der Waals surface area contributed by atoms with Crippen molar-refractivity contribution in [1.82, 2.24) is 4.90 Å². The normalized spacial score (nSPS) is 9.89. The first kappa shape index (κ1) is 23.0. The molecule has 0 N–H and O–H groups in total. The molecule has 0 amide bonds. The second-order valence-corrected chi connectivity index (χ2v) is 6.59. The molecule has 0 fully saturated rings. The van der Waals surface area contributed by atoms with Gasteiger partial charge in [0.25, 0.3) is 0 Å². The summed E-state index contributed by atoms with van der Waals surface area (Å²) in [6.45, 7) is 7.66. The topological polar surface area (TPSA) is 3.24 Å². The molecular weight excluding hydrogens is 350 g/mol. The minimum atomic E-state index is 0. The van der Waals surface area contributed by atoms with E-state index in [9.17, 15) is 0 Å². The van der Waals surface area contributed by atoms with Crippen LogP contribution in [0.4, 0.5) is 0 Å². The van der Waals surface area contributed by atoms with Gasteiger partial charge in [-0.2, -0.15) is 0 Å². The zero-order valence-corrected chi connectivity index (χ0v) is 17.5. The fraction of sp³-hybridized carbons (Fsp3) is 0.360. The van der Waals surface area contributed by atoms with Gasteiger partial charge in [-0.3, -0.25) is 4.90 Å². The lowest BCUT2D eigenvalue weighted by Crippen LogP contribution is -2.26. The maximum absolute atomic E-state index is 3.37. The van der Waals surface area contributed by atoms with Gasteiger partial charge in [0.05, 0.1) is 6.54 Å². The van der Waals surface area contributed by atoms with E-state index < -0.39 is 0 Å². The Bertz CT molecular complexity index is 661. The molecule has 2 rings (SSSR count). The fourth-order valence-corrected chi connectivity index (χ4v) is 2.88. The lowest BCUT2D eigenvalue weighted by Gasteiger charge is -2.18. The van der Waals surface area contributed by atoms with E-state index >= 15 is 0 Å². The summed E-state index contributed by atoms with van der Waals surface area (Å²) in [5, 5.41) is 0. The number of halogens is 1. The molecule has 0 heterocycles. The highest BCUT2D eigenvalue weighted by molar-refractivity contribution is 5.85. The number of allylic oxidation sites excluding steroid dienone is 1. The van der Waals surface area contributed by atoms with E-state index in [4.69, 9.17) is 0 Å². The molecule has 27 heavy (non-hydrogen) atoms. The smallest absolute Gasteiger partial charge is 0.0605 e. The summed E-state index contributed by atoms with van der Waals surface area (Å²) in [6, 6.07) is 21.0. The largest absolute Gasteiger partial charge is 0.292 e. The van der Waals surface area contributed by atoms with Gasteiger partial charge in [-0.1, -0.05) is 99.2 Å². The SMILES string of the molecule is CCCCN(CC#CC=C(c1ccccc1)c1ccccc1)CCCC.Cl. The third-order valence-electron chi connectivity index (χ3n) is 4.45. The Kier molecular flexibility index (Phi) is 12.0. The number of hydrogen-bond acceptors (Lipinski definition) is 1. The maximum atomic E-state index is 3.37.